The lowest BCUT2D eigenvalue weighted by Gasteiger charge is -2.25. The molecule has 0 aliphatic heterocycles. The summed E-state index contributed by atoms with van der Waals surface area (Å²) < 4.78 is 14.8. The number of esters is 1. The first-order valence-corrected chi connectivity index (χ1v) is 13.5. The maximum Gasteiger partial charge on any atom is 0.408 e. The van der Waals surface area contributed by atoms with Gasteiger partial charge < -0.3 is 29.2 Å². The number of nitrogens with zero attached hydrogens (tertiary/aromatic N) is 2. The normalized spacial score (nSPS) is 13.2. The molecule has 2 aromatic carbocycles. The van der Waals surface area contributed by atoms with Crippen LogP contribution in [0.2, 0.25) is 0 Å². The van der Waals surface area contributed by atoms with Crippen molar-refractivity contribution in [2.45, 2.75) is 58.2 Å². The Kier molecular flexibility index (Phi) is 8.52. The zero-order chi connectivity index (χ0) is 29.0. The van der Waals surface area contributed by atoms with Crippen LogP contribution >= 0.6 is 0 Å². The molecule has 2 aromatic heterocycles. The molecular weight excluding hydrogens is 508 g/mol. The molecule has 0 aliphatic carbocycles. The van der Waals surface area contributed by atoms with Crippen LogP contribution in [0.5, 0.6) is 0 Å². The van der Waals surface area contributed by atoms with Crippen molar-refractivity contribution in [3.63, 3.8) is 0 Å². The standard InChI is InChI=1S/C31H38N4O5/c1-7-39-29(37)25(17-21-19-35(6)27-15-11-9-13-23(21)27)32-28(36)24(33-30(38)40-31(2,3)4)16-20-18-34(5)26-14-10-8-12-22(20)26/h8-15,18-19,24-25H,7,16-17H2,1-6H3,(H,32,36)(H,33,38)/t24-,25-/m1/s1. The number of amides is 2. The third kappa shape index (κ3) is 6.65. The number of para-hydroxylation sites is 2. The molecule has 0 fully saturated rings. The molecule has 9 nitrogen and oxygen atoms in total. The average molecular weight is 547 g/mol. The van der Waals surface area contributed by atoms with Gasteiger partial charge in [-0.1, -0.05) is 36.4 Å². The quantitative estimate of drug-likeness (QED) is 0.303. The summed E-state index contributed by atoms with van der Waals surface area (Å²) in [4.78, 5) is 39.6. The molecule has 4 aromatic rings. The third-order valence-corrected chi connectivity index (χ3v) is 6.70. The Morgan fingerprint density at radius 3 is 1.80 bits per heavy atom. The predicted molar refractivity (Wildman–Crippen MR) is 155 cm³/mol. The Bertz CT molecular complexity index is 1530. The van der Waals surface area contributed by atoms with Crippen molar-refractivity contribution in [1.29, 1.82) is 0 Å². The van der Waals surface area contributed by atoms with Crippen molar-refractivity contribution in [2.24, 2.45) is 14.1 Å². The second-order valence-electron chi connectivity index (χ2n) is 11.0. The molecule has 0 bridgehead atoms. The summed E-state index contributed by atoms with van der Waals surface area (Å²) >= 11 is 0. The number of hydrogen-bond donors (Lipinski definition) is 2. The Labute approximate surface area is 234 Å². The zero-order valence-corrected chi connectivity index (χ0v) is 24.0. The van der Waals surface area contributed by atoms with Gasteiger partial charge in [-0.05, 0) is 51.0 Å². The van der Waals surface area contributed by atoms with E-state index in [1.54, 1.807) is 27.7 Å². The number of rotatable bonds is 9. The van der Waals surface area contributed by atoms with Gasteiger partial charge in [-0.15, -0.1) is 0 Å². The van der Waals surface area contributed by atoms with Crippen LogP contribution < -0.4 is 10.6 Å². The maximum atomic E-state index is 13.8. The largest absolute Gasteiger partial charge is 0.464 e. The summed E-state index contributed by atoms with van der Waals surface area (Å²) in [7, 11) is 3.87. The number of alkyl carbamates (subject to hydrolysis) is 1. The van der Waals surface area contributed by atoms with Gasteiger partial charge in [0, 0.05) is 61.1 Å². The van der Waals surface area contributed by atoms with Crippen LogP contribution in [0, 0.1) is 0 Å². The predicted octanol–water partition coefficient (Wildman–Crippen LogP) is 4.40. The fourth-order valence-corrected chi connectivity index (χ4v) is 4.98. The second-order valence-corrected chi connectivity index (χ2v) is 11.0. The zero-order valence-electron chi connectivity index (χ0n) is 24.0. The number of carbonyl (C=O) groups excluding carboxylic acids is 3. The van der Waals surface area contributed by atoms with Crippen molar-refractivity contribution in [3.8, 4) is 0 Å². The first kappa shape index (κ1) is 28.7. The Hall–Kier alpha value is -4.27. The van der Waals surface area contributed by atoms with E-state index in [9.17, 15) is 14.4 Å². The highest BCUT2D eigenvalue weighted by atomic mass is 16.6. The number of nitrogens with one attached hydrogen (secondary N) is 2. The number of ether oxygens (including phenoxy) is 2. The fourth-order valence-electron chi connectivity index (χ4n) is 4.98. The molecule has 0 aliphatic rings. The highest BCUT2D eigenvalue weighted by molar-refractivity contribution is 5.92. The van der Waals surface area contributed by atoms with E-state index in [-0.39, 0.29) is 19.4 Å². The molecule has 2 N–H and O–H groups in total. The number of aryl methyl sites for hydroxylation is 2. The second kappa shape index (κ2) is 11.9. The first-order chi connectivity index (χ1) is 19.0. The lowest BCUT2D eigenvalue weighted by atomic mass is 10.0. The van der Waals surface area contributed by atoms with Crippen molar-refractivity contribution < 1.29 is 23.9 Å². The Morgan fingerprint density at radius 2 is 1.30 bits per heavy atom. The Morgan fingerprint density at radius 1 is 0.800 bits per heavy atom. The molecule has 2 amide bonds. The minimum atomic E-state index is -0.995. The lowest BCUT2D eigenvalue weighted by Crippen LogP contribution is -2.54. The number of carbonyl (C=O) groups is 3. The highest BCUT2D eigenvalue weighted by Crippen LogP contribution is 2.23. The van der Waals surface area contributed by atoms with Crippen molar-refractivity contribution >= 4 is 39.8 Å². The van der Waals surface area contributed by atoms with E-state index in [4.69, 9.17) is 9.47 Å². The maximum absolute atomic E-state index is 13.8. The van der Waals surface area contributed by atoms with Gasteiger partial charge in [-0.3, -0.25) is 4.79 Å². The van der Waals surface area contributed by atoms with Crippen LogP contribution in [-0.4, -0.2) is 51.4 Å². The molecule has 40 heavy (non-hydrogen) atoms. The van der Waals surface area contributed by atoms with Gasteiger partial charge in [0.15, 0.2) is 0 Å². The van der Waals surface area contributed by atoms with E-state index in [2.05, 4.69) is 10.6 Å². The molecule has 4 rings (SSSR count). The minimum Gasteiger partial charge on any atom is -0.464 e. The van der Waals surface area contributed by atoms with E-state index in [0.717, 1.165) is 32.9 Å². The molecule has 9 heteroatoms. The summed E-state index contributed by atoms with van der Waals surface area (Å²) in [5.41, 5.74) is 3.08. The van der Waals surface area contributed by atoms with Gasteiger partial charge in [-0.2, -0.15) is 0 Å². The summed E-state index contributed by atoms with van der Waals surface area (Å²) in [5.74, 6) is -1.04. The molecule has 2 atom stereocenters. The van der Waals surface area contributed by atoms with Gasteiger partial charge >= 0.3 is 12.1 Å². The molecule has 0 spiro atoms. The van der Waals surface area contributed by atoms with Gasteiger partial charge in [0.25, 0.3) is 0 Å². The van der Waals surface area contributed by atoms with E-state index in [1.165, 1.54) is 0 Å². The first-order valence-electron chi connectivity index (χ1n) is 13.5. The average Bonchev–Trinajstić information content (AvgIpc) is 3.38. The molecule has 212 valence electrons. The van der Waals surface area contributed by atoms with Crippen LogP contribution in [0.15, 0.2) is 60.9 Å². The van der Waals surface area contributed by atoms with Gasteiger partial charge in [-0.25, -0.2) is 9.59 Å². The smallest absolute Gasteiger partial charge is 0.408 e. The topological polar surface area (TPSA) is 104 Å². The highest BCUT2D eigenvalue weighted by Gasteiger charge is 2.31. The van der Waals surface area contributed by atoms with E-state index in [1.807, 2.05) is 84.2 Å². The van der Waals surface area contributed by atoms with Crippen LogP contribution in [0.1, 0.15) is 38.8 Å². The minimum absolute atomic E-state index is 0.177. The van der Waals surface area contributed by atoms with Crippen LogP contribution in [0.3, 0.4) is 0 Å². The number of benzene rings is 2. The summed E-state index contributed by atoms with van der Waals surface area (Å²) in [5, 5.41) is 7.57. The van der Waals surface area contributed by atoms with Crippen LogP contribution in [0.4, 0.5) is 4.79 Å². The van der Waals surface area contributed by atoms with E-state index < -0.39 is 35.7 Å². The number of hydrogen-bond acceptors (Lipinski definition) is 5. The molecular formula is C31H38N4O5. The third-order valence-electron chi connectivity index (χ3n) is 6.70. The Balaban J connectivity index is 1.63. The van der Waals surface area contributed by atoms with Gasteiger partial charge in [0.05, 0.1) is 6.61 Å². The van der Waals surface area contributed by atoms with Gasteiger partial charge in [0.1, 0.15) is 17.7 Å². The van der Waals surface area contributed by atoms with Crippen molar-refractivity contribution in [2.75, 3.05) is 6.61 Å². The number of aromatic nitrogens is 2. The summed E-state index contributed by atoms with van der Waals surface area (Å²) in [6, 6.07) is 13.8. The summed E-state index contributed by atoms with van der Waals surface area (Å²) in [6.07, 6.45) is 3.63. The van der Waals surface area contributed by atoms with Crippen molar-refractivity contribution in [1.82, 2.24) is 19.8 Å². The van der Waals surface area contributed by atoms with Crippen LogP contribution in [0.25, 0.3) is 21.8 Å². The van der Waals surface area contributed by atoms with Crippen molar-refractivity contribution in [3.05, 3.63) is 72.1 Å². The van der Waals surface area contributed by atoms with E-state index in [0.29, 0.717) is 0 Å². The molecule has 2 heterocycles. The molecule has 0 saturated heterocycles. The SMILES string of the molecule is CCOC(=O)[C@@H](Cc1cn(C)c2ccccc12)NC(=O)[C@@H](Cc1cn(C)c2ccccc12)NC(=O)OC(C)(C)C. The molecule has 0 radical (unpaired) electrons. The van der Waals surface area contributed by atoms with Gasteiger partial charge in [0.2, 0.25) is 5.91 Å². The fraction of sp³-hybridized carbons (Fsp3) is 0.387. The van der Waals surface area contributed by atoms with E-state index >= 15 is 0 Å². The molecule has 0 saturated carbocycles. The monoisotopic (exact) mass is 546 g/mol. The molecule has 0 unspecified atom stereocenters. The summed E-state index contributed by atoms with van der Waals surface area (Å²) in [6.45, 7) is 7.17. The lowest BCUT2D eigenvalue weighted by molar-refractivity contribution is -0.147. The number of fused-ring (bicyclic) bond motifs is 2. The van der Waals surface area contributed by atoms with Crippen LogP contribution in [-0.2, 0) is 46.0 Å².